The number of nitrogen functional groups attached to an aromatic ring is 1. The molecule has 31 heavy (non-hydrogen) atoms. The average Bonchev–Trinajstić information content (AvgIpc) is 3.12. The maximum atomic E-state index is 12.6. The highest BCUT2D eigenvalue weighted by Gasteiger charge is 2.18. The molecule has 3 N–H and O–H groups in total. The normalized spacial score (nSPS) is 12.3. The first kappa shape index (κ1) is 21.1. The van der Waals surface area contributed by atoms with E-state index in [1.54, 1.807) is 18.2 Å². The molecule has 7 nitrogen and oxygen atoms in total. The number of ether oxygens (including phenoxy) is 2. The number of nitrogens with two attached hydrogens (primary N) is 1. The fourth-order valence-electron chi connectivity index (χ4n) is 3.13. The molecule has 0 amide bonds. The fourth-order valence-corrected chi connectivity index (χ4v) is 3.81. The number of nitrogens with zero attached hydrogens (tertiary/aromatic N) is 3. The molecule has 0 fully saturated rings. The van der Waals surface area contributed by atoms with E-state index in [1.807, 2.05) is 6.92 Å². The second-order valence-corrected chi connectivity index (χ2v) is 7.36. The summed E-state index contributed by atoms with van der Waals surface area (Å²) in [7, 11) is 0. The van der Waals surface area contributed by atoms with Crippen molar-refractivity contribution in [1.29, 1.82) is 0 Å². The van der Waals surface area contributed by atoms with Crippen LogP contribution in [0.15, 0.2) is 42.9 Å². The van der Waals surface area contributed by atoms with E-state index >= 15 is 0 Å². The van der Waals surface area contributed by atoms with Crippen LogP contribution >= 0.6 is 23.2 Å². The van der Waals surface area contributed by atoms with Crippen LogP contribution in [0.25, 0.3) is 22.2 Å². The van der Waals surface area contributed by atoms with Gasteiger partial charge in [0.05, 0.1) is 15.6 Å². The van der Waals surface area contributed by atoms with E-state index in [1.165, 1.54) is 24.7 Å². The maximum absolute atomic E-state index is 12.6. The van der Waals surface area contributed by atoms with Gasteiger partial charge in [-0.3, -0.25) is 10.1 Å². The molecule has 0 bridgehead atoms. The minimum atomic E-state index is -3.02. The molecule has 4 aromatic rings. The molecule has 160 valence electrons. The van der Waals surface area contributed by atoms with Crippen molar-refractivity contribution in [2.75, 3.05) is 5.73 Å². The van der Waals surface area contributed by atoms with Crippen LogP contribution in [0.1, 0.15) is 18.6 Å². The molecule has 4 rings (SSSR count). The van der Waals surface area contributed by atoms with Crippen LogP contribution in [-0.2, 0) is 0 Å². The van der Waals surface area contributed by atoms with Crippen LogP contribution in [-0.4, -0.2) is 26.8 Å². The van der Waals surface area contributed by atoms with Gasteiger partial charge >= 0.3 is 6.61 Å². The third-order valence-corrected chi connectivity index (χ3v) is 5.12. The molecular formula is C20H15Cl2F2N5O2. The van der Waals surface area contributed by atoms with Gasteiger partial charge in [-0.05, 0) is 31.2 Å². The monoisotopic (exact) mass is 465 g/mol. The lowest BCUT2D eigenvalue weighted by molar-refractivity contribution is -0.0494. The molecule has 0 spiro atoms. The van der Waals surface area contributed by atoms with Crippen molar-refractivity contribution in [2.45, 2.75) is 19.6 Å². The van der Waals surface area contributed by atoms with Crippen molar-refractivity contribution in [3.05, 3.63) is 58.5 Å². The Balaban J connectivity index is 1.69. The largest absolute Gasteiger partial charge is 0.486 e. The number of nitrogens with one attached hydrogen (secondary N) is 1. The molecule has 11 heteroatoms. The van der Waals surface area contributed by atoms with Crippen molar-refractivity contribution < 1.29 is 18.3 Å². The van der Waals surface area contributed by atoms with Gasteiger partial charge < -0.3 is 15.2 Å². The summed E-state index contributed by atoms with van der Waals surface area (Å²) >= 11 is 12.4. The first-order valence-electron chi connectivity index (χ1n) is 8.98. The second kappa shape index (κ2) is 8.52. The van der Waals surface area contributed by atoms with Gasteiger partial charge in [0.2, 0.25) is 0 Å². The van der Waals surface area contributed by atoms with Gasteiger partial charge in [-0.25, -0.2) is 4.98 Å². The second-order valence-electron chi connectivity index (χ2n) is 6.54. The number of fused-ring (bicyclic) bond motifs is 1. The predicted molar refractivity (Wildman–Crippen MR) is 114 cm³/mol. The molecule has 0 aliphatic carbocycles. The van der Waals surface area contributed by atoms with E-state index < -0.39 is 12.7 Å². The zero-order chi connectivity index (χ0) is 22.1. The summed E-state index contributed by atoms with van der Waals surface area (Å²) in [6.45, 7) is -1.21. The SMILES string of the molecule is C[C@@H](Oc1ccc2[nH]nc(-c3cnc(N)c(OC(F)F)c3)c2c1)c1c(Cl)cncc1Cl. The number of hydrogen-bond donors (Lipinski definition) is 2. The number of rotatable bonds is 6. The van der Waals surface area contributed by atoms with Gasteiger partial charge in [0.25, 0.3) is 0 Å². The van der Waals surface area contributed by atoms with Crippen LogP contribution in [0.2, 0.25) is 10.0 Å². The lowest BCUT2D eigenvalue weighted by Gasteiger charge is -2.17. The van der Waals surface area contributed by atoms with Crippen LogP contribution < -0.4 is 15.2 Å². The molecule has 1 aromatic carbocycles. The summed E-state index contributed by atoms with van der Waals surface area (Å²) in [6, 6.07) is 6.66. The summed E-state index contributed by atoms with van der Waals surface area (Å²) in [6.07, 6.45) is 3.95. The number of aromatic nitrogens is 4. The minimum absolute atomic E-state index is 0.146. The Kier molecular flexibility index (Phi) is 5.79. The molecule has 3 aromatic heterocycles. The van der Waals surface area contributed by atoms with Crippen LogP contribution in [0.3, 0.4) is 0 Å². The lowest BCUT2D eigenvalue weighted by Crippen LogP contribution is -2.06. The maximum Gasteiger partial charge on any atom is 0.387 e. The molecule has 0 aliphatic heterocycles. The van der Waals surface area contributed by atoms with Crippen LogP contribution in [0, 0.1) is 0 Å². The van der Waals surface area contributed by atoms with Gasteiger partial charge in [-0.1, -0.05) is 23.2 Å². The smallest absolute Gasteiger partial charge is 0.387 e. The highest BCUT2D eigenvalue weighted by atomic mass is 35.5. The van der Waals surface area contributed by atoms with Crippen molar-refractivity contribution in [2.24, 2.45) is 0 Å². The number of anilines is 1. The zero-order valence-corrected chi connectivity index (χ0v) is 17.5. The van der Waals surface area contributed by atoms with E-state index in [4.69, 9.17) is 33.7 Å². The number of benzene rings is 1. The Morgan fingerprint density at radius 3 is 2.52 bits per heavy atom. The summed E-state index contributed by atoms with van der Waals surface area (Å²) in [4.78, 5) is 7.86. The summed E-state index contributed by atoms with van der Waals surface area (Å²) < 4.78 is 35.7. The molecule has 0 unspecified atom stereocenters. The summed E-state index contributed by atoms with van der Waals surface area (Å²) in [5.74, 6) is 0.151. The van der Waals surface area contributed by atoms with Gasteiger partial charge in [-0.2, -0.15) is 13.9 Å². The molecule has 3 heterocycles. The highest BCUT2D eigenvalue weighted by Crippen LogP contribution is 2.35. The third-order valence-electron chi connectivity index (χ3n) is 4.52. The van der Waals surface area contributed by atoms with Crippen molar-refractivity contribution in [3.8, 4) is 22.8 Å². The molecule has 1 atom stereocenters. The first-order valence-corrected chi connectivity index (χ1v) is 9.73. The number of aromatic amines is 1. The number of halogens is 4. The van der Waals surface area contributed by atoms with Crippen LogP contribution in [0.5, 0.6) is 11.5 Å². The zero-order valence-electron chi connectivity index (χ0n) is 15.9. The highest BCUT2D eigenvalue weighted by molar-refractivity contribution is 6.35. The van der Waals surface area contributed by atoms with Crippen molar-refractivity contribution in [3.63, 3.8) is 0 Å². The van der Waals surface area contributed by atoms with E-state index in [9.17, 15) is 8.78 Å². The predicted octanol–water partition coefficient (Wildman–Crippen LogP) is 5.65. The van der Waals surface area contributed by atoms with Gasteiger partial charge in [0, 0.05) is 35.1 Å². The van der Waals surface area contributed by atoms with Gasteiger partial charge in [0.1, 0.15) is 17.5 Å². The average molecular weight is 466 g/mol. The number of hydrogen-bond acceptors (Lipinski definition) is 6. The topological polar surface area (TPSA) is 98.9 Å². The van der Waals surface area contributed by atoms with Crippen molar-refractivity contribution >= 4 is 39.9 Å². The summed E-state index contributed by atoms with van der Waals surface area (Å²) in [5, 5.41) is 8.63. The Morgan fingerprint density at radius 2 is 1.81 bits per heavy atom. The van der Waals surface area contributed by atoms with Gasteiger partial charge in [-0.15, -0.1) is 0 Å². The molecular weight excluding hydrogens is 451 g/mol. The Hall–Kier alpha value is -3.17. The van der Waals surface area contributed by atoms with E-state index in [0.717, 1.165) is 0 Å². The third kappa shape index (κ3) is 4.33. The summed E-state index contributed by atoms with van der Waals surface area (Å²) in [5.41, 5.74) is 7.86. The fraction of sp³-hybridized carbons (Fsp3) is 0.150. The number of alkyl halides is 2. The van der Waals surface area contributed by atoms with E-state index in [2.05, 4.69) is 24.9 Å². The van der Waals surface area contributed by atoms with Crippen molar-refractivity contribution in [1.82, 2.24) is 20.2 Å². The van der Waals surface area contributed by atoms with Crippen LogP contribution in [0.4, 0.5) is 14.6 Å². The molecule has 0 saturated carbocycles. The molecule has 0 aliphatic rings. The number of H-pyrrole nitrogens is 1. The van der Waals surface area contributed by atoms with Gasteiger partial charge in [0.15, 0.2) is 11.6 Å². The van der Waals surface area contributed by atoms with E-state index in [0.29, 0.717) is 43.5 Å². The van der Waals surface area contributed by atoms with E-state index in [-0.39, 0.29) is 11.6 Å². The minimum Gasteiger partial charge on any atom is -0.486 e. The first-order chi connectivity index (χ1) is 14.8. The quantitative estimate of drug-likeness (QED) is 0.381. The Bertz CT molecular complexity index is 1230. The Morgan fingerprint density at radius 1 is 1.06 bits per heavy atom. The number of pyridine rings is 2. The standard InChI is InChI=1S/C20H15Cl2F2N5O2/c1-9(17-13(21)7-26-8-14(17)22)30-11-2-3-15-12(5-11)18(29-28-15)10-4-16(31-20(23)24)19(25)27-6-10/h2-9,20H,1H3,(H2,25,27)(H,28,29)/t9-/m1/s1. The molecule has 0 radical (unpaired) electrons. The Labute approximate surface area is 185 Å². The lowest BCUT2D eigenvalue weighted by atomic mass is 10.1. The molecule has 0 saturated heterocycles.